The number of hydrogen-bond donors (Lipinski definition) is 3. The molecule has 0 saturated carbocycles. The van der Waals surface area contributed by atoms with Gasteiger partial charge >= 0.3 is 0 Å². The molecule has 0 aliphatic carbocycles. The van der Waals surface area contributed by atoms with Crippen LogP contribution in [-0.2, 0) is 4.79 Å². The molecule has 1 aromatic carbocycles. The molecule has 0 fully saturated rings. The minimum absolute atomic E-state index is 0.000903. The van der Waals surface area contributed by atoms with E-state index in [9.17, 15) is 9.59 Å². The molecule has 0 aromatic heterocycles. The van der Waals surface area contributed by atoms with Gasteiger partial charge in [0.1, 0.15) is 6.04 Å². The van der Waals surface area contributed by atoms with Gasteiger partial charge in [-0.3, -0.25) is 9.59 Å². The zero-order valence-electron chi connectivity index (χ0n) is 11.2. The van der Waals surface area contributed by atoms with E-state index in [1.165, 1.54) is 0 Å². The van der Waals surface area contributed by atoms with E-state index in [1.54, 1.807) is 31.2 Å². The topological polar surface area (TPSA) is 78.4 Å². The Bertz CT molecular complexity index is 420. The van der Waals surface area contributed by atoms with Crippen molar-refractivity contribution >= 4 is 11.8 Å². The number of carbonyl (C=O) groups is 2. The molecule has 2 unspecified atom stereocenters. The van der Waals surface area contributed by atoms with Crippen molar-refractivity contribution in [3.63, 3.8) is 0 Å². The van der Waals surface area contributed by atoms with Gasteiger partial charge in [0.05, 0.1) is 0 Å². The van der Waals surface area contributed by atoms with E-state index in [0.29, 0.717) is 12.1 Å². The Balaban J connectivity index is 2.44. The number of aliphatic hydroxyl groups excluding tert-OH is 1. The Kier molecular flexibility index (Phi) is 6.02. The Morgan fingerprint density at radius 3 is 2.42 bits per heavy atom. The number of hydrogen-bond acceptors (Lipinski definition) is 3. The van der Waals surface area contributed by atoms with Crippen LogP contribution >= 0.6 is 0 Å². The van der Waals surface area contributed by atoms with E-state index in [0.717, 1.165) is 0 Å². The summed E-state index contributed by atoms with van der Waals surface area (Å²) in [4.78, 5) is 23.5. The van der Waals surface area contributed by atoms with Crippen LogP contribution in [-0.4, -0.2) is 36.1 Å². The first-order valence-corrected chi connectivity index (χ1v) is 6.29. The highest BCUT2D eigenvalue weighted by atomic mass is 16.3. The fourth-order valence-corrected chi connectivity index (χ4v) is 1.43. The molecule has 104 valence electrons. The monoisotopic (exact) mass is 264 g/mol. The zero-order chi connectivity index (χ0) is 14.3. The number of aliphatic hydroxyl groups is 1. The standard InChI is InChI=1S/C14H20N2O3/c1-10(9-17)8-15-13(18)11(2)16-14(19)12-6-4-3-5-7-12/h3-7,10-11,17H,8-9H2,1-2H3,(H,15,18)(H,16,19). The zero-order valence-corrected chi connectivity index (χ0v) is 11.2. The molecule has 1 aromatic rings. The number of rotatable bonds is 6. The summed E-state index contributed by atoms with van der Waals surface area (Å²) < 4.78 is 0. The van der Waals surface area contributed by atoms with Gasteiger partial charge in [-0.15, -0.1) is 0 Å². The number of benzene rings is 1. The highest BCUT2D eigenvalue weighted by Crippen LogP contribution is 1.99. The first-order chi connectivity index (χ1) is 9.04. The molecule has 1 rings (SSSR count). The molecule has 5 nitrogen and oxygen atoms in total. The SMILES string of the molecule is CC(CO)CNC(=O)C(C)NC(=O)c1ccccc1. The van der Waals surface area contributed by atoms with Gasteiger partial charge in [-0.2, -0.15) is 0 Å². The fourth-order valence-electron chi connectivity index (χ4n) is 1.43. The van der Waals surface area contributed by atoms with Gasteiger partial charge in [0, 0.05) is 18.7 Å². The Morgan fingerprint density at radius 1 is 1.21 bits per heavy atom. The maximum atomic E-state index is 11.8. The molecule has 2 atom stereocenters. The molecule has 0 aliphatic heterocycles. The van der Waals surface area contributed by atoms with Crippen molar-refractivity contribution in [3.05, 3.63) is 35.9 Å². The molecular formula is C14H20N2O3. The maximum absolute atomic E-state index is 11.8. The summed E-state index contributed by atoms with van der Waals surface area (Å²) >= 11 is 0. The van der Waals surface area contributed by atoms with Crippen LogP contribution in [0.15, 0.2) is 30.3 Å². The van der Waals surface area contributed by atoms with E-state index < -0.39 is 6.04 Å². The quantitative estimate of drug-likeness (QED) is 0.702. The van der Waals surface area contributed by atoms with E-state index in [-0.39, 0.29) is 24.3 Å². The van der Waals surface area contributed by atoms with Gasteiger partial charge in [-0.05, 0) is 25.0 Å². The molecule has 0 spiro atoms. The average molecular weight is 264 g/mol. The normalized spacial score (nSPS) is 13.4. The summed E-state index contributed by atoms with van der Waals surface area (Å²) in [6.45, 7) is 3.86. The second kappa shape index (κ2) is 7.53. The summed E-state index contributed by atoms with van der Waals surface area (Å²) in [5.41, 5.74) is 0.519. The van der Waals surface area contributed by atoms with Crippen molar-refractivity contribution in [2.75, 3.05) is 13.2 Å². The lowest BCUT2D eigenvalue weighted by Crippen LogP contribution is -2.46. The van der Waals surface area contributed by atoms with Crippen LogP contribution in [0.3, 0.4) is 0 Å². The van der Waals surface area contributed by atoms with Gasteiger partial charge in [-0.25, -0.2) is 0 Å². The Hall–Kier alpha value is -1.88. The molecular weight excluding hydrogens is 244 g/mol. The van der Waals surface area contributed by atoms with Crippen LogP contribution in [0.4, 0.5) is 0 Å². The predicted molar refractivity (Wildman–Crippen MR) is 72.6 cm³/mol. The highest BCUT2D eigenvalue weighted by Gasteiger charge is 2.16. The smallest absolute Gasteiger partial charge is 0.251 e. The Labute approximate surface area is 113 Å². The van der Waals surface area contributed by atoms with E-state index >= 15 is 0 Å². The first-order valence-electron chi connectivity index (χ1n) is 6.29. The largest absolute Gasteiger partial charge is 0.396 e. The number of carbonyl (C=O) groups excluding carboxylic acids is 2. The van der Waals surface area contributed by atoms with E-state index in [2.05, 4.69) is 10.6 Å². The molecule has 0 saturated heterocycles. The molecule has 0 heterocycles. The lowest BCUT2D eigenvalue weighted by Gasteiger charge is -2.15. The van der Waals surface area contributed by atoms with Crippen LogP contribution in [0, 0.1) is 5.92 Å². The molecule has 0 bridgehead atoms. The molecule has 0 radical (unpaired) electrons. The lowest BCUT2D eigenvalue weighted by molar-refractivity contribution is -0.122. The summed E-state index contributed by atoms with van der Waals surface area (Å²) in [7, 11) is 0. The van der Waals surface area contributed by atoms with Crippen LogP contribution < -0.4 is 10.6 Å². The van der Waals surface area contributed by atoms with Crippen LogP contribution in [0.1, 0.15) is 24.2 Å². The third-order valence-corrected chi connectivity index (χ3v) is 2.71. The summed E-state index contributed by atoms with van der Waals surface area (Å²) in [6, 6.07) is 8.12. The summed E-state index contributed by atoms with van der Waals surface area (Å²) in [6.07, 6.45) is 0. The van der Waals surface area contributed by atoms with Crippen molar-refractivity contribution < 1.29 is 14.7 Å². The third-order valence-electron chi connectivity index (χ3n) is 2.71. The number of amides is 2. The van der Waals surface area contributed by atoms with Gasteiger partial charge in [0.2, 0.25) is 5.91 Å². The molecule has 0 aliphatic rings. The highest BCUT2D eigenvalue weighted by molar-refractivity contribution is 5.97. The third kappa shape index (κ3) is 5.09. The van der Waals surface area contributed by atoms with Gasteiger partial charge in [0.15, 0.2) is 0 Å². The van der Waals surface area contributed by atoms with Crippen molar-refractivity contribution in [1.82, 2.24) is 10.6 Å². The minimum atomic E-state index is -0.612. The molecule has 2 amide bonds. The van der Waals surface area contributed by atoms with Crippen molar-refractivity contribution in [1.29, 1.82) is 0 Å². The van der Waals surface area contributed by atoms with Gasteiger partial charge < -0.3 is 15.7 Å². The van der Waals surface area contributed by atoms with Crippen LogP contribution in [0.2, 0.25) is 0 Å². The van der Waals surface area contributed by atoms with E-state index in [4.69, 9.17) is 5.11 Å². The fraction of sp³-hybridized carbons (Fsp3) is 0.429. The van der Waals surface area contributed by atoms with Crippen molar-refractivity contribution in [2.24, 2.45) is 5.92 Å². The first kappa shape index (κ1) is 15.2. The van der Waals surface area contributed by atoms with E-state index in [1.807, 2.05) is 13.0 Å². The maximum Gasteiger partial charge on any atom is 0.251 e. The van der Waals surface area contributed by atoms with Crippen LogP contribution in [0.25, 0.3) is 0 Å². The molecule has 5 heteroatoms. The van der Waals surface area contributed by atoms with Gasteiger partial charge in [0.25, 0.3) is 5.91 Å². The van der Waals surface area contributed by atoms with Crippen LogP contribution in [0.5, 0.6) is 0 Å². The van der Waals surface area contributed by atoms with Crippen molar-refractivity contribution in [2.45, 2.75) is 19.9 Å². The van der Waals surface area contributed by atoms with Crippen molar-refractivity contribution in [3.8, 4) is 0 Å². The lowest BCUT2D eigenvalue weighted by atomic mass is 10.2. The summed E-state index contributed by atoms with van der Waals surface area (Å²) in [5.74, 6) is -0.538. The molecule has 3 N–H and O–H groups in total. The molecule has 19 heavy (non-hydrogen) atoms. The Morgan fingerprint density at radius 2 is 1.84 bits per heavy atom. The summed E-state index contributed by atoms with van der Waals surface area (Å²) in [5, 5.41) is 14.2. The predicted octanol–water partition coefficient (Wildman–Crippen LogP) is 0.549. The minimum Gasteiger partial charge on any atom is -0.396 e. The average Bonchev–Trinajstić information content (AvgIpc) is 2.44. The number of nitrogens with one attached hydrogen (secondary N) is 2. The van der Waals surface area contributed by atoms with Gasteiger partial charge in [-0.1, -0.05) is 25.1 Å². The second-order valence-corrected chi connectivity index (χ2v) is 4.59. The second-order valence-electron chi connectivity index (χ2n) is 4.59.